The number of thioether (sulfide) groups is 1. The fourth-order valence-electron chi connectivity index (χ4n) is 1.80. The Morgan fingerprint density at radius 2 is 2.19 bits per heavy atom. The van der Waals surface area contributed by atoms with Gasteiger partial charge in [0.05, 0.1) is 10.3 Å². The number of aryl methyl sites for hydroxylation is 1. The van der Waals surface area contributed by atoms with E-state index >= 15 is 0 Å². The summed E-state index contributed by atoms with van der Waals surface area (Å²) >= 11 is 1.68. The highest BCUT2D eigenvalue weighted by Gasteiger charge is 2.32. The molecular weight excluding hydrogens is 242 g/mol. The Bertz CT molecular complexity index is 485. The van der Waals surface area contributed by atoms with E-state index in [1.807, 2.05) is 19.9 Å². The van der Waals surface area contributed by atoms with Gasteiger partial charge in [0.1, 0.15) is 0 Å². The molecule has 0 bridgehead atoms. The van der Waals surface area contributed by atoms with E-state index in [2.05, 4.69) is 0 Å². The Hall–Kier alpha value is -0.520. The first kappa shape index (κ1) is 12.0. The van der Waals surface area contributed by atoms with Gasteiger partial charge in [-0.3, -0.25) is 0 Å². The zero-order valence-corrected chi connectivity index (χ0v) is 11.0. The third-order valence-corrected chi connectivity index (χ3v) is 5.93. The predicted octanol–water partition coefficient (Wildman–Crippen LogP) is 2.08. The van der Waals surface area contributed by atoms with Crippen molar-refractivity contribution in [3.8, 4) is 0 Å². The summed E-state index contributed by atoms with van der Waals surface area (Å²) in [5.74, 6) is 0.881. The van der Waals surface area contributed by atoms with Gasteiger partial charge in [0.25, 0.3) is 0 Å². The molecule has 1 aromatic rings. The van der Waals surface area contributed by atoms with Crippen molar-refractivity contribution < 1.29 is 8.42 Å². The minimum atomic E-state index is -3.30. The van der Waals surface area contributed by atoms with Crippen LogP contribution in [0.25, 0.3) is 0 Å². The highest BCUT2D eigenvalue weighted by Crippen LogP contribution is 2.29. The van der Waals surface area contributed by atoms with E-state index in [9.17, 15) is 8.42 Å². The molecular formula is C11H15NO2S2. The Morgan fingerprint density at radius 3 is 2.75 bits per heavy atom. The van der Waals surface area contributed by atoms with Gasteiger partial charge in [-0.25, -0.2) is 8.42 Å². The SMILES string of the molecule is Cc1cccc(S(=O)(=O)N2CCSC2C)c1. The summed E-state index contributed by atoms with van der Waals surface area (Å²) in [5.41, 5.74) is 0.973. The third kappa shape index (κ3) is 2.12. The first-order valence-corrected chi connectivity index (χ1v) is 7.71. The maximum atomic E-state index is 12.3. The third-order valence-electron chi connectivity index (χ3n) is 2.67. The standard InChI is InChI=1S/C11H15NO2S2/c1-9-4-3-5-11(8-9)16(13,14)12-6-7-15-10(12)2/h3-5,8,10H,6-7H2,1-2H3. The molecule has 1 aromatic carbocycles. The quantitative estimate of drug-likeness (QED) is 0.814. The number of hydrogen-bond donors (Lipinski definition) is 0. The molecule has 3 nitrogen and oxygen atoms in total. The number of benzene rings is 1. The van der Waals surface area contributed by atoms with Crippen molar-refractivity contribution in [3.05, 3.63) is 29.8 Å². The van der Waals surface area contributed by atoms with E-state index in [1.165, 1.54) is 0 Å². The van der Waals surface area contributed by atoms with Crippen molar-refractivity contribution in [2.45, 2.75) is 24.1 Å². The fourth-order valence-corrected chi connectivity index (χ4v) is 4.94. The predicted molar refractivity (Wildman–Crippen MR) is 67.0 cm³/mol. The Labute approximate surface area is 101 Å². The zero-order chi connectivity index (χ0) is 11.8. The van der Waals surface area contributed by atoms with Gasteiger partial charge in [0.2, 0.25) is 10.0 Å². The van der Waals surface area contributed by atoms with Gasteiger partial charge in [-0.05, 0) is 31.5 Å². The van der Waals surface area contributed by atoms with E-state index in [1.54, 1.807) is 34.3 Å². The molecule has 0 spiro atoms. The van der Waals surface area contributed by atoms with Crippen LogP contribution in [-0.4, -0.2) is 30.4 Å². The number of rotatable bonds is 2. The normalized spacial score (nSPS) is 22.5. The minimum Gasteiger partial charge on any atom is -0.207 e. The Morgan fingerprint density at radius 1 is 1.44 bits per heavy atom. The summed E-state index contributed by atoms with van der Waals surface area (Å²) in [7, 11) is -3.30. The molecule has 2 rings (SSSR count). The fraction of sp³-hybridized carbons (Fsp3) is 0.455. The van der Waals surface area contributed by atoms with E-state index in [0.29, 0.717) is 11.4 Å². The summed E-state index contributed by atoms with van der Waals surface area (Å²) in [6, 6.07) is 7.08. The van der Waals surface area contributed by atoms with Crippen LogP contribution >= 0.6 is 11.8 Å². The van der Waals surface area contributed by atoms with Crippen LogP contribution in [0.2, 0.25) is 0 Å². The van der Waals surface area contributed by atoms with Gasteiger partial charge in [0.15, 0.2) is 0 Å². The molecule has 0 saturated carbocycles. The second-order valence-electron chi connectivity index (χ2n) is 3.90. The minimum absolute atomic E-state index is 0.0468. The van der Waals surface area contributed by atoms with Crippen LogP contribution in [0.1, 0.15) is 12.5 Å². The first-order valence-electron chi connectivity index (χ1n) is 5.22. The molecule has 1 aliphatic heterocycles. The second-order valence-corrected chi connectivity index (χ2v) is 7.22. The molecule has 1 unspecified atom stereocenters. The van der Waals surface area contributed by atoms with Crippen molar-refractivity contribution >= 4 is 21.8 Å². The van der Waals surface area contributed by atoms with Crippen LogP contribution in [0.3, 0.4) is 0 Å². The first-order chi connectivity index (χ1) is 7.51. The van der Waals surface area contributed by atoms with Crippen LogP contribution in [0.15, 0.2) is 29.2 Å². The number of sulfonamides is 1. The highest BCUT2D eigenvalue weighted by molar-refractivity contribution is 8.01. The van der Waals surface area contributed by atoms with Gasteiger partial charge in [0, 0.05) is 12.3 Å². The average molecular weight is 257 g/mol. The van der Waals surface area contributed by atoms with Gasteiger partial charge in [-0.2, -0.15) is 4.31 Å². The lowest BCUT2D eigenvalue weighted by Crippen LogP contribution is -2.33. The Balaban J connectivity index is 2.39. The molecule has 0 aromatic heterocycles. The van der Waals surface area contributed by atoms with Crippen LogP contribution in [0.4, 0.5) is 0 Å². The molecule has 88 valence electrons. The zero-order valence-electron chi connectivity index (χ0n) is 9.38. The topological polar surface area (TPSA) is 37.4 Å². The smallest absolute Gasteiger partial charge is 0.207 e. The molecule has 1 aliphatic rings. The van der Waals surface area contributed by atoms with Crippen molar-refractivity contribution in [3.63, 3.8) is 0 Å². The monoisotopic (exact) mass is 257 g/mol. The second kappa shape index (κ2) is 4.39. The van der Waals surface area contributed by atoms with E-state index in [4.69, 9.17) is 0 Å². The van der Waals surface area contributed by atoms with E-state index < -0.39 is 10.0 Å². The lowest BCUT2D eigenvalue weighted by atomic mass is 10.2. The van der Waals surface area contributed by atoms with Crippen molar-refractivity contribution in [2.75, 3.05) is 12.3 Å². The molecule has 0 amide bonds. The maximum absolute atomic E-state index is 12.3. The summed E-state index contributed by atoms with van der Waals surface area (Å²) in [6.07, 6.45) is 0. The lowest BCUT2D eigenvalue weighted by Gasteiger charge is -2.20. The van der Waals surface area contributed by atoms with Crippen molar-refractivity contribution in [2.24, 2.45) is 0 Å². The molecule has 0 aliphatic carbocycles. The van der Waals surface area contributed by atoms with Crippen molar-refractivity contribution in [1.82, 2.24) is 4.31 Å². The highest BCUT2D eigenvalue weighted by atomic mass is 32.2. The van der Waals surface area contributed by atoms with Crippen LogP contribution in [0, 0.1) is 6.92 Å². The lowest BCUT2D eigenvalue weighted by molar-refractivity contribution is 0.442. The van der Waals surface area contributed by atoms with E-state index in [0.717, 1.165) is 11.3 Å². The summed E-state index contributed by atoms with van der Waals surface area (Å²) in [5, 5.41) is 0.0468. The van der Waals surface area contributed by atoms with Crippen LogP contribution in [0.5, 0.6) is 0 Å². The Kier molecular flexibility index (Phi) is 3.28. The van der Waals surface area contributed by atoms with Crippen LogP contribution in [-0.2, 0) is 10.0 Å². The molecule has 1 saturated heterocycles. The van der Waals surface area contributed by atoms with E-state index in [-0.39, 0.29) is 5.37 Å². The average Bonchev–Trinajstić information content (AvgIpc) is 2.65. The van der Waals surface area contributed by atoms with Crippen molar-refractivity contribution in [1.29, 1.82) is 0 Å². The molecule has 1 heterocycles. The molecule has 0 radical (unpaired) electrons. The van der Waals surface area contributed by atoms with Gasteiger partial charge in [-0.1, -0.05) is 12.1 Å². The molecule has 1 fully saturated rings. The van der Waals surface area contributed by atoms with Gasteiger partial charge < -0.3 is 0 Å². The molecule has 5 heteroatoms. The summed E-state index contributed by atoms with van der Waals surface area (Å²) < 4.78 is 26.2. The number of hydrogen-bond acceptors (Lipinski definition) is 3. The van der Waals surface area contributed by atoms with Gasteiger partial charge in [-0.15, -0.1) is 11.8 Å². The summed E-state index contributed by atoms with van der Waals surface area (Å²) in [4.78, 5) is 0.404. The maximum Gasteiger partial charge on any atom is 0.244 e. The molecule has 0 N–H and O–H groups in total. The largest absolute Gasteiger partial charge is 0.244 e. The van der Waals surface area contributed by atoms with Crippen LogP contribution < -0.4 is 0 Å². The van der Waals surface area contributed by atoms with Gasteiger partial charge >= 0.3 is 0 Å². The number of nitrogens with zero attached hydrogens (tertiary/aromatic N) is 1. The molecule has 16 heavy (non-hydrogen) atoms. The summed E-state index contributed by atoms with van der Waals surface area (Å²) in [6.45, 7) is 4.45. The molecule has 1 atom stereocenters.